The molecule has 0 amide bonds. The molecule has 5 N–H and O–H groups in total. The van der Waals surface area contributed by atoms with Crippen LogP contribution in [0.5, 0.6) is 0 Å². The van der Waals surface area contributed by atoms with Crippen LogP contribution in [0, 0.1) is 0 Å². The van der Waals surface area contributed by atoms with Gasteiger partial charge in [0.15, 0.2) is 0 Å². The molecule has 2 aromatic rings. The van der Waals surface area contributed by atoms with E-state index in [1.807, 2.05) is 0 Å². The number of fused-ring (bicyclic) bond motifs is 1. The summed E-state index contributed by atoms with van der Waals surface area (Å²) in [7, 11) is 0. The number of nitrogens with one attached hydrogen (secondary N) is 1. The Labute approximate surface area is 94.2 Å². The van der Waals surface area contributed by atoms with E-state index in [0.717, 1.165) is 17.2 Å². The van der Waals surface area contributed by atoms with Crippen LogP contribution in [0.1, 0.15) is 0 Å². The number of hydrogen-bond donors (Lipinski definition) is 3. The van der Waals surface area contributed by atoms with E-state index in [0.29, 0.717) is 16.2 Å². The van der Waals surface area contributed by atoms with Gasteiger partial charge in [-0.15, -0.1) is 0 Å². The minimum Gasteiger partial charge on any atom is -0.369 e. The molecule has 0 saturated carbocycles. The third-order valence-electron chi connectivity index (χ3n) is 1.73. The molecule has 78 valence electrons. The molecule has 0 atom stereocenters. The fourth-order valence-electron chi connectivity index (χ4n) is 1.07. The Kier molecular flexibility index (Phi) is 2.67. The molecule has 0 spiro atoms. The monoisotopic (exact) mass is 242 g/mol. The molecular formula is C7H7ClN6S. The van der Waals surface area contributed by atoms with Crippen molar-refractivity contribution in [1.29, 1.82) is 0 Å². The van der Waals surface area contributed by atoms with Crippen molar-refractivity contribution in [3.63, 3.8) is 0 Å². The van der Waals surface area contributed by atoms with Gasteiger partial charge in [-0.25, -0.2) is 10.8 Å². The van der Waals surface area contributed by atoms with Gasteiger partial charge in [-0.1, -0.05) is 11.6 Å². The van der Waals surface area contributed by atoms with Crippen molar-refractivity contribution < 1.29 is 0 Å². The standard InChI is InChI=1S/C7H7ClN6S/c8-3-1-2-4-6(14-15-13-4)5(3)11-7(9)12-10/h1-2H,10H2,(H3,9,11,12). The van der Waals surface area contributed by atoms with Gasteiger partial charge in [0, 0.05) is 0 Å². The Bertz CT molecular complexity index is 521. The van der Waals surface area contributed by atoms with E-state index in [9.17, 15) is 0 Å². The van der Waals surface area contributed by atoms with E-state index in [1.165, 1.54) is 0 Å². The minimum atomic E-state index is 0.0670. The largest absolute Gasteiger partial charge is 0.369 e. The molecule has 1 aromatic carbocycles. The minimum absolute atomic E-state index is 0.0670. The highest BCUT2D eigenvalue weighted by Crippen LogP contribution is 2.32. The van der Waals surface area contributed by atoms with Crippen molar-refractivity contribution in [3.05, 3.63) is 17.2 Å². The number of rotatable bonds is 1. The third-order valence-corrected chi connectivity index (χ3v) is 2.58. The molecule has 0 aliphatic heterocycles. The fourth-order valence-corrected chi connectivity index (χ4v) is 1.80. The molecule has 0 saturated heterocycles. The molecule has 0 fully saturated rings. The summed E-state index contributed by atoms with van der Waals surface area (Å²) in [6.45, 7) is 0. The van der Waals surface area contributed by atoms with Crippen LogP contribution in [-0.2, 0) is 0 Å². The first-order valence-electron chi connectivity index (χ1n) is 3.94. The van der Waals surface area contributed by atoms with Crippen molar-refractivity contribution in [1.82, 2.24) is 14.2 Å². The van der Waals surface area contributed by atoms with Crippen molar-refractivity contribution >= 4 is 46.0 Å². The summed E-state index contributed by atoms with van der Waals surface area (Å²) >= 11 is 7.06. The second-order valence-electron chi connectivity index (χ2n) is 2.67. The van der Waals surface area contributed by atoms with E-state index >= 15 is 0 Å². The molecule has 0 aliphatic rings. The van der Waals surface area contributed by atoms with Crippen LogP contribution in [0.3, 0.4) is 0 Å². The first-order valence-corrected chi connectivity index (χ1v) is 5.04. The van der Waals surface area contributed by atoms with Gasteiger partial charge in [0.25, 0.3) is 0 Å². The summed E-state index contributed by atoms with van der Waals surface area (Å²) < 4.78 is 8.15. The van der Waals surface area contributed by atoms with Crippen LogP contribution in [0.2, 0.25) is 5.02 Å². The van der Waals surface area contributed by atoms with Gasteiger partial charge >= 0.3 is 0 Å². The molecular weight excluding hydrogens is 236 g/mol. The normalized spacial score (nSPS) is 12.0. The number of guanidine groups is 1. The maximum atomic E-state index is 5.97. The topological polar surface area (TPSA) is 102 Å². The van der Waals surface area contributed by atoms with Crippen molar-refractivity contribution in [3.8, 4) is 0 Å². The van der Waals surface area contributed by atoms with E-state index in [-0.39, 0.29) is 5.96 Å². The Morgan fingerprint density at radius 2 is 2.27 bits per heavy atom. The Hall–Kier alpha value is -1.44. The van der Waals surface area contributed by atoms with Gasteiger partial charge in [0.05, 0.1) is 16.8 Å². The van der Waals surface area contributed by atoms with E-state index in [4.69, 9.17) is 23.2 Å². The lowest BCUT2D eigenvalue weighted by atomic mass is 10.3. The molecule has 1 heterocycles. The average Bonchev–Trinajstić information content (AvgIpc) is 2.70. The number of nitrogens with two attached hydrogens (primary N) is 2. The summed E-state index contributed by atoms with van der Waals surface area (Å²) in [6, 6.07) is 3.46. The summed E-state index contributed by atoms with van der Waals surface area (Å²) in [6.07, 6.45) is 0. The van der Waals surface area contributed by atoms with Crippen molar-refractivity contribution in [2.75, 3.05) is 0 Å². The second-order valence-corrected chi connectivity index (χ2v) is 3.60. The summed E-state index contributed by atoms with van der Waals surface area (Å²) in [5, 5.41) is 0.452. The highest BCUT2D eigenvalue weighted by molar-refractivity contribution is 7.00. The average molecular weight is 243 g/mol. The van der Waals surface area contributed by atoms with E-state index in [1.54, 1.807) is 12.1 Å². The second kappa shape index (κ2) is 3.97. The lowest BCUT2D eigenvalue weighted by molar-refractivity contribution is 1.01. The number of halogens is 1. The summed E-state index contributed by atoms with van der Waals surface area (Å²) in [5.74, 6) is 5.17. The highest BCUT2D eigenvalue weighted by Gasteiger charge is 2.09. The lowest BCUT2D eigenvalue weighted by Crippen LogP contribution is -2.36. The van der Waals surface area contributed by atoms with Gasteiger partial charge in [0.1, 0.15) is 16.7 Å². The summed E-state index contributed by atoms with van der Waals surface area (Å²) in [4.78, 5) is 4.01. The number of benzene rings is 1. The van der Waals surface area contributed by atoms with Gasteiger partial charge in [-0.05, 0) is 12.1 Å². The fraction of sp³-hybridized carbons (Fsp3) is 0. The number of hydrazine groups is 1. The zero-order valence-corrected chi connectivity index (χ0v) is 9.01. The Morgan fingerprint density at radius 3 is 3.00 bits per heavy atom. The van der Waals surface area contributed by atoms with Crippen LogP contribution in [-0.4, -0.2) is 14.7 Å². The maximum absolute atomic E-state index is 5.97. The predicted molar refractivity (Wildman–Crippen MR) is 61.0 cm³/mol. The smallest absolute Gasteiger partial charge is 0.208 e. The molecule has 0 aliphatic carbocycles. The zero-order valence-electron chi connectivity index (χ0n) is 7.44. The number of aromatic nitrogens is 2. The molecule has 0 unspecified atom stereocenters. The number of hydrogen-bond acceptors (Lipinski definition) is 5. The van der Waals surface area contributed by atoms with E-state index < -0.39 is 0 Å². The molecule has 6 nitrogen and oxygen atoms in total. The van der Waals surface area contributed by atoms with Gasteiger partial charge < -0.3 is 5.73 Å². The van der Waals surface area contributed by atoms with Crippen molar-refractivity contribution in [2.45, 2.75) is 0 Å². The molecule has 0 radical (unpaired) electrons. The molecule has 1 aromatic heterocycles. The summed E-state index contributed by atoms with van der Waals surface area (Å²) in [5.41, 5.74) is 9.48. The molecule has 8 heteroatoms. The lowest BCUT2D eigenvalue weighted by Gasteiger charge is -2.01. The maximum Gasteiger partial charge on any atom is 0.208 e. The van der Waals surface area contributed by atoms with E-state index in [2.05, 4.69) is 19.2 Å². The predicted octanol–water partition coefficient (Wildman–Crippen LogP) is 0.754. The van der Waals surface area contributed by atoms with Gasteiger partial charge in [-0.2, -0.15) is 8.75 Å². The van der Waals surface area contributed by atoms with Crippen molar-refractivity contribution in [2.24, 2.45) is 16.6 Å². The zero-order chi connectivity index (χ0) is 10.8. The molecule has 2 rings (SSSR count). The van der Waals surface area contributed by atoms with Crippen LogP contribution in [0.4, 0.5) is 5.69 Å². The SMILES string of the molecule is NNC(N)=Nc1c(Cl)ccc2nsnc12. The highest BCUT2D eigenvalue weighted by atomic mass is 35.5. The Morgan fingerprint density at radius 1 is 1.47 bits per heavy atom. The quantitative estimate of drug-likeness (QED) is 0.296. The Balaban J connectivity index is 2.66. The van der Waals surface area contributed by atoms with Crippen LogP contribution in [0.25, 0.3) is 11.0 Å². The van der Waals surface area contributed by atoms with Crippen LogP contribution >= 0.6 is 23.3 Å². The number of aliphatic imine (C=N–C) groups is 1. The van der Waals surface area contributed by atoms with Gasteiger partial charge in [0.2, 0.25) is 5.96 Å². The van der Waals surface area contributed by atoms with Crippen LogP contribution < -0.4 is 17.0 Å². The first-order chi connectivity index (χ1) is 7.22. The number of nitrogens with zero attached hydrogens (tertiary/aromatic N) is 3. The van der Waals surface area contributed by atoms with Gasteiger partial charge in [-0.3, -0.25) is 5.43 Å². The third kappa shape index (κ3) is 1.84. The molecule has 0 bridgehead atoms. The molecule has 15 heavy (non-hydrogen) atoms. The van der Waals surface area contributed by atoms with Crippen LogP contribution in [0.15, 0.2) is 17.1 Å². The first kappa shape index (κ1) is 10.1.